The molecule has 1 N–H and O–H groups in total. The highest BCUT2D eigenvalue weighted by Crippen LogP contribution is 2.26. The highest BCUT2D eigenvalue weighted by atomic mass is 19.1. The van der Waals surface area contributed by atoms with E-state index in [4.69, 9.17) is 4.42 Å². The molecule has 2 heterocycles. The number of amides is 1. The molecule has 1 amide bonds. The fourth-order valence-electron chi connectivity index (χ4n) is 3.31. The molecular formula is C20H20FN3O2. The predicted molar refractivity (Wildman–Crippen MR) is 97.2 cm³/mol. The summed E-state index contributed by atoms with van der Waals surface area (Å²) < 4.78 is 19.0. The lowest BCUT2D eigenvalue weighted by Gasteiger charge is -2.30. The van der Waals surface area contributed by atoms with E-state index < -0.39 is 0 Å². The van der Waals surface area contributed by atoms with Crippen molar-refractivity contribution in [2.45, 2.75) is 19.4 Å². The molecule has 0 aliphatic carbocycles. The number of hydrogen-bond donors (Lipinski definition) is 1. The quantitative estimate of drug-likeness (QED) is 0.780. The van der Waals surface area contributed by atoms with Crippen LogP contribution in [0.4, 0.5) is 10.4 Å². The average molecular weight is 353 g/mol. The fraction of sp³-hybridized carbons (Fsp3) is 0.300. The van der Waals surface area contributed by atoms with E-state index in [9.17, 15) is 9.18 Å². The summed E-state index contributed by atoms with van der Waals surface area (Å²) in [5, 5.41) is 2.91. The second-order valence-corrected chi connectivity index (χ2v) is 6.57. The Labute approximate surface area is 150 Å². The zero-order valence-electron chi connectivity index (χ0n) is 14.3. The largest absolute Gasteiger partial charge is 0.423 e. The second-order valence-electron chi connectivity index (χ2n) is 6.57. The lowest BCUT2D eigenvalue weighted by molar-refractivity contribution is -0.125. The number of oxazole rings is 1. The number of para-hydroxylation sites is 2. The number of halogens is 1. The van der Waals surface area contributed by atoms with E-state index in [2.05, 4.69) is 15.2 Å². The number of piperidine rings is 1. The van der Waals surface area contributed by atoms with Crippen molar-refractivity contribution in [2.24, 2.45) is 5.92 Å². The van der Waals surface area contributed by atoms with Crippen LogP contribution in [0.2, 0.25) is 0 Å². The molecule has 1 aromatic heterocycles. The van der Waals surface area contributed by atoms with Crippen molar-refractivity contribution in [1.29, 1.82) is 0 Å². The Kier molecular flexibility index (Phi) is 4.56. The average Bonchev–Trinajstić information content (AvgIpc) is 3.10. The third kappa shape index (κ3) is 3.54. The van der Waals surface area contributed by atoms with Crippen molar-refractivity contribution >= 4 is 23.0 Å². The molecule has 0 bridgehead atoms. The SMILES string of the molecule is O=C(NCc1cccc(F)c1)C1CCN(c2nc3ccccc3o2)CC1. The van der Waals surface area contributed by atoms with Crippen molar-refractivity contribution < 1.29 is 13.6 Å². The molecule has 0 atom stereocenters. The molecule has 1 saturated heterocycles. The number of carbonyl (C=O) groups is 1. The van der Waals surface area contributed by atoms with Gasteiger partial charge in [-0.25, -0.2) is 4.39 Å². The smallest absolute Gasteiger partial charge is 0.298 e. The first kappa shape index (κ1) is 16.6. The van der Waals surface area contributed by atoms with Gasteiger partial charge >= 0.3 is 0 Å². The van der Waals surface area contributed by atoms with Crippen LogP contribution in [0, 0.1) is 11.7 Å². The molecule has 26 heavy (non-hydrogen) atoms. The maximum Gasteiger partial charge on any atom is 0.298 e. The lowest BCUT2D eigenvalue weighted by atomic mass is 9.96. The van der Waals surface area contributed by atoms with Crippen LogP contribution in [-0.4, -0.2) is 24.0 Å². The van der Waals surface area contributed by atoms with E-state index in [1.54, 1.807) is 12.1 Å². The van der Waals surface area contributed by atoms with Crippen molar-refractivity contribution in [3.8, 4) is 0 Å². The van der Waals surface area contributed by atoms with E-state index in [0.717, 1.165) is 42.6 Å². The third-order valence-corrected chi connectivity index (χ3v) is 4.77. The van der Waals surface area contributed by atoms with E-state index in [0.29, 0.717) is 12.6 Å². The summed E-state index contributed by atoms with van der Waals surface area (Å²) in [6.45, 7) is 1.80. The standard InChI is InChI=1S/C20H20FN3O2/c21-16-5-3-4-14(12-16)13-22-19(25)15-8-10-24(11-9-15)20-23-17-6-1-2-7-18(17)26-20/h1-7,12,15H,8-11,13H2,(H,22,25). The Morgan fingerprint density at radius 1 is 1.19 bits per heavy atom. The number of carbonyl (C=O) groups excluding carboxylic acids is 1. The van der Waals surface area contributed by atoms with Gasteiger partial charge in [0.15, 0.2) is 5.58 Å². The summed E-state index contributed by atoms with van der Waals surface area (Å²) in [6.07, 6.45) is 1.49. The van der Waals surface area contributed by atoms with Gasteiger partial charge in [-0.3, -0.25) is 4.79 Å². The number of anilines is 1. The van der Waals surface area contributed by atoms with Gasteiger partial charge in [-0.1, -0.05) is 24.3 Å². The van der Waals surface area contributed by atoms with Crippen molar-refractivity contribution in [3.05, 3.63) is 59.9 Å². The van der Waals surface area contributed by atoms with Crippen LogP contribution in [0.5, 0.6) is 0 Å². The van der Waals surface area contributed by atoms with E-state index in [-0.39, 0.29) is 17.6 Å². The minimum atomic E-state index is -0.289. The summed E-state index contributed by atoms with van der Waals surface area (Å²) in [7, 11) is 0. The zero-order valence-corrected chi connectivity index (χ0v) is 14.3. The number of nitrogens with one attached hydrogen (secondary N) is 1. The molecule has 1 aliphatic rings. The third-order valence-electron chi connectivity index (χ3n) is 4.77. The molecule has 0 radical (unpaired) electrons. The normalized spacial score (nSPS) is 15.3. The van der Waals surface area contributed by atoms with Crippen LogP contribution in [0.25, 0.3) is 11.1 Å². The molecule has 1 fully saturated rings. The molecule has 5 nitrogen and oxygen atoms in total. The molecule has 0 saturated carbocycles. The van der Waals surface area contributed by atoms with Gasteiger partial charge in [0.05, 0.1) is 0 Å². The Hall–Kier alpha value is -2.89. The number of aromatic nitrogens is 1. The Bertz CT molecular complexity index is 883. The minimum Gasteiger partial charge on any atom is -0.423 e. The molecule has 3 aromatic rings. The first-order valence-electron chi connectivity index (χ1n) is 8.82. The van der Waals surface area contributed by atoms with Crippen molar-refractivity contribution in [3.63, 3.8) is 0 Å². The van der Waals surface area contributed by atoms with E-state index in [1.165, 1.54) is 12.1 Å². The van der Waals surface area contributed by atoms with Crippen molar-refractivity contribution in [1.82, 2.24) is 10.3 Å². The maximum absolute atomic E-state index is 13.2. The van der Waals surface area contributed by atoms with Crippen LogP contribution in [-0.2, 0) is 11.3 Å². The zero-order chi connectivity index (χ0) is 17.9. The van der Waals surface area contributed by atoms with Crippen LogP contribution in [0.15, 0.2) is 52.9 Å². The molecule has 1 aliphatic heterocycles. The number of hydrogen-bond acceptors (Lipinski definition) is 4. The first-order chi connectivity index (χ1) is 12.7. The second kappa shape index (κ2) is 7.15. The topological polar surface area (TPSA) is 58.4 Å². The number of nitrogens with zero attached hydrogens (tertiary/aromatic N) is 2. The monoisotopic (exact) mass is 353 g/mol. The highest BCUT2D eigenvalue weighted by molar-refractivity contribution is 5.79. The van der Waals surface area contributed by atoms with Crippen LogP contribution < -0.4 is 10.2 Å². The van der Waals surface area contributed by atoms with Crippen LogP contribution in [0.3, 0.4) is 0 Å². The predicted octanol–water partition coefficient (Wildman–Crippen LogP) is 3.50. The van der Waals surface area contributed by atoms with Crippen LogP contribution >= 0.6 is 0 Å². The number of benzene rings is 2. The van der Waals surface area contributed by atoms with Gasteiger partial charge in [-0.2, -0.15) is 4.98 Å². The summed E-state index contributed by atoms with van der Waals surface area (Å²) >= 11 is 0. The van der Waals surface area contributed by atoms with Gasteiger partial charge in [-0.05, 0) is 42.7 Å². The van der Waals surface area contributed by atoms with Gasteiger partial charge in [0, 0.05) is 25.6 Å². The maximum atomic E-state index is 13.2. The number of fused-ring (bicyclic) bond motifs is 1. The summed E-state index contributed by atoms with van der Waals surface area (Å²) in [5.74, 6) is -0.306. The van der Waals surface area contributed by atoms with Gasteiger partial charge in [-0.15, -0.1) is 0 Å². The first-order valence-corrected chi connectivity index (χ1v) is 8.82. The van der Waals surface area contributed by atoms with Gasteiger partial charge in [0.1, 0.15) is 11.3 Å². The van der Waals surface area contributed by atoms with Crippen molar-refractivity contribution in [2.75, 3.05) is 18.0 Å². The number of rotatable bonds is 4. The van der Waals surface area contributed by atoms with Gasteiger partial charge in [0.2, 0.25) is 5.91 Å². The van der Waals surface area contributed by atoms with Crippen LogP contribution in [0.1, 0.15) is 18.4 Å². The summed E-state index contributed by atoms with van der Waals surface area (Å²) in [4.78, 5) is 19.0. The molecule has 2 aromatic carbocycles. The molecule has 0 unspecified atom stereocenters. The fourth-order valence-corrected chi connectivity index (χ4v) is 3.31. The molecular weight excluding hydrogens is 333 g/mol. The molecule has 0 spiro atoms. The molecule has 134 valence electrons. The Balaban J connectivity index is 1.32. The van der Waals surface area contributed by atoms with E-state index >= 15 is 0 Å². The lowest BCUT2D eigenvalue weighted by Crippen LogP contribution is -2.40. The minimum absolute atomic E-state index is 0.0199. The van der Waals surface area contributed by atoms with Gasteiger partial charge < -0.3 is 14.6 Å². The van der Waals surface area contributed by atoms with Gasteiger partial charge in [0.25, 0.3) is 6.01 Å². The summed E-state index contributed by atoms with van der Waals surface area (Å²) in [5.41, 5.74) is 2.39. The Morgan fingerprint density at radius 3 is 2.77 bits per heavy atom. The molecule has 6 heteroatoms. The van der Waals surface area contributed by atoms with E-state index in [1.807, 2.05) is 24.3 Å². The summed E-state index contributed by atoms with van der Waals surface area (Å²) in [6, 6.07) is 14.6. The Morgan fingerprint density at radius 2 is 2.00 bits per heavy atom. The molecule has 4 rings (SSSR count). The highest BCUT2D eigenvalue weighted by Gasteiger charge is 2.27.